The number of carbonyl (C=O) groups is 1. The van der Waals surface area contributed by atoms with Crippen molar-refractivity contribution in [2.45, 2.75) is 52.0 Å². The van der Waals surface area contributed by atoms with Gasteiger partial charge in [-0.05, 0) is 57.2 Å². The lowest BCUT2D eigenvalue weighted by Gasteiger charge is -2.41. The number of piperidine rings is 2. The average molecular weight is 295 g/mol. The molecule has 2 fully saturated rings. The maximum absolute atomic E-state index is 12.5. The smallest absolute Gasteiger partial charge is 0.222 e. The summed E-state index contributed by atoms with van der Waals surface area (Å²) in [7, 11) is 2.02. The molecule has 122 valence electrons. The third kappa shape index (κ3) is 4.68. The summed E-state index contributed by atoms with van der Waals surface area (Å²) >= 11 is 0. The topological polar surface area (TPSA) is 35.6 Å². The molecule has 0 spiro atoms. The summed E-state index contributed by atoms with van der Waals surface area (Å²) < 4.78 is 0. The molecule has 2 aliphatic rings. The van der Waals surface area contributed by atoms with Crippen molar-refractivity contribution in [1.82, 2.24) is 15.1 Å². The molecule has 0 bridgehead atoms. The Hall–Kier alpha value is -0.610. The Morgan fingerprint density at radius 2 is 2.00 bits per heavy atom. The average Bonchev–Trinajstić information content (AvgIpc) is 2.52. The molecule has 4 nitrogen and oxygen atoms in total. The Morgan fingerprint density at radius 1 is 1.29 bits per heavy atom. The lowest BCUT2D eigenvalue weighted by Crippen LogP contribution is -2.50. The van der Waals surface area contributed by atoms with E-state index in [1.807, 2.05) is 7.05 Å². The van der Waals surface area contributed by atoms with Crippen LogP contribution in [0.1, 0.15) is 46.0 Å². The molecule has 0 unspecified atom stereocenters. The van der Waals surface area contributed by atoms with E-state index < -0.39 is 0 Å². The number of nitrogens with one attached hydrogen (secondary N) is 1. The van der Waals surface area contributed by atoms with Gasteiger partial charge in [-0.25, -0.2) is 0 Å². The fourth-order valence-corrected chi connectivity index (χ4v) is 3.94. The third-order valence-electron chi connectivity index (χ3n) is 5.51. The van der Waals surface area contributed by atoms with Gasteiger partial charge < -0.3 is 15.1 Å². The number of rotatable bonds is 5. The molecule has 0 aromatic rings. The number of hydrogen-bond donors (Lipinski definition) is 1. The molecule has 2 heterocycles. The number of amides is 1. The highest BCUT2D eigenvalue weighted by Crippen LogP contribution is 2.23. The standard InChI is InChI=1S/C17H33N3O/c1-4-20-12-9-16(14(2)13-20)19(3)17(21)6-5-15-7-10-18-11-8-15/h14-16,18H,4-13H2,1-3H3/t14-,16-/m0/s1. The van der Waals surface area contributed by atoms with E-state index in [1.54, 1.807) is 0 Å². The van der Waals surface area contributed by atoms with Gasteiger partial charge in [0.15, 0.2) is 0 Å². The van der Waals surface area contributed by atoms with E-state index in [-0.39, 0.29) is 0 Å². The first-order valence-corrected chi connectivity index (χ1v) is 8.80. The van der Waals surface area contributed by atoms with Crippen LogP contribution in [0.3, 0.4) is 0 Å². The Kier molecular flexibility index (Phi) is 6.49. The zero-order valence-corrected chi connectivity index (χ0v) is 14.1. The molecule has 1 amide bonds. The minimum Gasteiger partial charge on any atom is -0.342 e. The second kappa shape index (κ2) is 8.14. The van der Waals surface area contributed by atoms with Gasteiger partial charge >= 0.3 is 0 Å². The quantitative estimate of drug-likeness (QED) is 0.842. The number of nitrogens with zero attached hydrogens (tertiary/aromatic N) is 2. The van der Waals surface area contributed by atoms with Crippen LogP contribution >= 0.6 is 0 Å². The van der Waals surface area contributed by atoms with Crippen LogP contribution in [0.4, 0.5) is 0 Å². The second-order valence-electron chi connectivity index (χ2n) is 6.96. The molecule has 0 aromatic heterocycles. The zero-order valence-electron chi connectivity index (χ0n) is 14.1. The van der Waals surface area contributed by atoms with Crippen LogP contribution in [0.5, 0.6) is 0 Å². The van der Waals surface area contributed by atoms with Crippen molar-refractivity contribution in [2.24, 2.45) is 11.8 Å². The van der Waals surface area contributed by atoms with E-state index in [4.69, 9.17) is 0 Å². The summed E-state index contributed by atoms with van der Waals surface area (Å²) in [6.07, 6.45) is 5.42. The second-order valence-corrected chi connectivity index (χ2v) is 6.96. The van der Waals surface area contributed by atoms with Gasteiger partial charge in [0, 0.05) is 32.6 Å². The number of carbonyl (C=O) groups excluding carboxylic acids is 1. The first-order chi connectivity index (χ1) is 10.1. The Morgan fingerprint density at radius 3 is 2.62 bits per heavy atom. The van der Waals surface area contributed by atoms with Crippen LogP contribution in [0.15, 0.2) is 0 Å². The van der Waals surface area contributed by atoms with Gasteiger partial charge in [0.25, 0.3) is 0 Å². The van der Waals surface area contributed by atoms with Gasteiger partial charge in [-0.1, -0.05) is 13.8 Å². The van der Waals surface area contributed by atoms with E-state index in [1.165, 1.54) is 12.8 Å². The van der Waals surface area contributed by atoms with Gasteiger partial charge in [-0.2, -0.15) is 0 Å². The summed E-state index contributed by atoms with van der Waals surface area (Å²) in [5.74, 6) is 1.70. The minimum absolute atomic E-state index is 0.357. The van der Waals surface area contributed by atoms with Gasteiger partial charge in [-0.15, -0.1) is 0 Å². The fraction of sp³-hybridized carbons (Fsp3) is 0.941. The first-order valence-electron chi connectivity index (χ1n) is 8.80. The molecule has 4 heteroatoms. The maximum atomic E-state index is 12.5. The molecule has 2 saturated heterocycles. The summed E-state index contributed by atoms with van der Waals surface area (Å²) in [6.45, 7) is 10.2. The third-order valence-corrected chi connectivity index (χ3v) is 5.51. The molecule has 0 radical (unpaired) electrons. The number of likely N-dealkylation sites (tertiary alicyclic amines) is 1. The van der Waals surface area contributed by atoms with Gasteiger partial charge in [0.2, 0.25) is 5.91 Å². The van der Waals surface area contributed by atoms with Crippen LogP contribution < -0.4 is 5.32 Å². The van der Waals surface area contributed by atoms with Crippen LogP contribution in [0, 0.1) is 11.8 Å². The van der Waals surface area contributed by atoms with Crippen LogP contribution in [-0.2, 0) is 4.79 Å². The van der Waals surface area contributed by atoms with Crippen molar-refractivity contribution >= 4 is 5.91 Å². The van der Waals surface area contributed by atoms with E-state index >= 15 is 0 Å². The zero-order chi connectivity index (χ0) is 15.2. The van der Waals surface area contributed by atoms with Gasteiger partial charge in [0.05, 0.1) is 0 Å². The molecule has 21 heavy (non-hydrogen) atoms. The molecule has 0 saturated carbocycles. The molecule has 2 rings (SSSR count). The van der Waals surface area contributed by atoms with Crippen molar-refractivity contribution < 1.29 is 4.79 Å². The lowest BCUT2D eigenvalue weighted by molar-refractivity contribution is -0.134. The van der Waals surface area contributed by atoms with Crippen molar-refractivity contribution in [3.63, 3.8) is 0 Å². The van der Waals surface area contributed by atoms with Crippen LogP contribution in [0.2, 0.25) is 0 Å². The van der Waals surface area contributed by atoms with Crippen molar-refractivity contribution in [3.05, 3.63) is 0 Å². The van der Waals surface area contributed by atoms with Gasteiger partial charge in [-0.3, -0.25) is 4.79 Å². The molecule has 0 aromatic carbocycles. The van der Waals surface area contributed by atoms with E-state index in [0.29, 0.717) is 17.9 Å². The normalized spacial score (nSPS) is 28.5. The summed E-state index contributed by atoms with van der Waals surface area (Å²) in [5.41, 5.74) is 0. The van der Waals surface area contributed by atoms with Crippen molar-refractivity contribution in [3.8, 4) is 0 Å². The molecule has 2 atom stereocenters. The number of hydrogen-bond acceptors (Lipinski definition) is 3. The van der Waals surface area contributed by atoms with Crippen LogP contribution in [-0.4, -0.2) is 61.5 Å². The monoisotopic (exact) mass is 295 g/mol. The Balaban J connectivity index is 1.76. The maximum Gasteiger partial charge on any atom is 0.222 e. The molecule has 2 aliphatic heterocycles. The van der Waals surface area contributed by atoms with E-state index in [9.17, 15) is 4.79 Å². The molecular weight excluding hydrogens is 262 g/mol. The lowest BCUT2D eigenvalue weighted by atomic mass is 9.91. The highest BCUT2D eigenvalue weighted by atomic mass is 16.2. The van der Waals surface area contributed by atoms with Crippen molar-refractivity contribution in [1.29, 1.82) is 0 Å². The highest BCUT2D eigenvalue weighted by molar-refractivity contribution is 5.76. The SMILES string of the molecule is CCN1CC[C@H](N(C)C(=O)CCC2CCNCC2)[C@@H](C)C1. The van der Waals surface area contributed by atoms with Crippen molar-refractivity contribution in [2.75, 3.05) is 39.8 Å². The first kappa shape index (κ1) is 16.8. The summed E-state index contributed by atoms with van der Waals surface area (Å²) in [5, 5.41) is 3.39. The highest BCUT2D eigenvalue weighted by Gasteiger charge is 2.30. The Labute approximate surface area is 130 Å². The molecular formula is C17H33N3O. The van der Waals surface area contributed by atoms with E-state index in [0.717, 1.165) is 57.9 Å². The predicted molar refractivity (Wildman–Crippen MR) is 87.3 cm³/mol. The largest absolute Gasteiger partial charge is 0.342 e. The minimum atomic E-state index is 0.357. The molecule has 0 aliphatic carbocycles. The van der Waals surface area contributed by atoms with E-state index in [2.05, 4.69) is 29.0 Å². The summed E-state index contributed by atoms with van der Waals surface area (Å²) in [6, 6.07) is 0.438. The Bertz CT molecular complexity index is 328. The van der Waals surface area contributed by atoms with Crippen LogP contribution in [0.25, 0.3) is 0 Å². The summed E-state index contributed by atoms with van der Waals surface area (Å²) in [4.78, 5) is 17.0. The molecule has 1 N–H and O–H groups in total. The predicted octanol–water partition coefficient (Wildman–Crippen LogP) is 1.95. The van der Waals surface area contributed by atoms with Gasteiger partial charge in [0.1, 0.15) is 0 Å². The fourth-order valence-electron chi connectivity index (χ4n) is 3.94.